The first-order chi connectivity index (χ1) is 4.81. The molecule has 0 aliphatic rings. The Morgan fingerprint density at radius 3 is 2.50 bits per heavy atom. The Kier molecular flexibility index (Phi) is 6.84. The molecule has 0 fully saturated rings. The molecular weight excluding hydrogens is 134 g/mol. The van der Waals surface area contributed by atoms with Crippen molar-refractivity contribution in [3.63, 3.8) is 0 Å². The summed E-state index contributed by atoms with van der Waals surface area (Å²) in [7, 11) is 0. The molecule has 4 N–H and O–H groups in total. The van der Waals surface area contributed by atoms with Crippen LogP contribution < -0.4 is 5.48 Å². The molecule has 0 bridgehead atoms. The average molecular weight is 149 g/mol. The lowest BCUT2D eigenvalue weighted by molar-refractivity contribution is 0.109. The van der Waals surface area contributed by atoms with E-state index in [1.54, 1.807) is 0 Å². The van der Waals surface area contributed by atoms with Gasteiger partial charge in [-0.3, -0.25) is 0 Å². The predicted molar refractivity (Wildman–Crippen MR) is 36.7 cm³/mol. The number of hydrogen-bond acceptors (Lipinski definition) is 4. The summed E-state index contributed by atoms with van der Waals surface area (Å²) in [6.07, 6.45) is 1.33. The van der Waals surface area contributed by atoms with Gasteiger partial charge in [-0.15, -0.1) is 0 Å². The van der Waals surface area contributed by atoms with Crippen molar-refractivity contribution in [3.05, 3.63) is 0 Å². The molecule has 0 aliphatic carbocycles. The normalized spacial score (nSPS) is 13.5. The molecule has 1 atom stereocenters. The second kappa shape index (κ2) is 6.95. The summed E-state index contributed by atoms with van der Waals surface area (Å²) in [5.41, 5.74) is 1.95. The highest BCUT2D eigenvalue weighted by Crippen LogP contribution is 1.99. The molecular formula is C6H15NO3. The molecule has 0 saturated heterocycles. The molecule has 0 rings (SSSR count). The number of hydroxylamine groups is 1. The van der Waals surface area contributed by atoms with Crippen LogP contribution in [0.4, 0.5) is 0 Å². The predicted octanol–water partition coefficient (Wildman–Crippen LogP) is -0.511. The summed E-state index contributed by atoms with van der Waals surface area (Å²) in [6.45, 7) is 0.510. The minimum atomic E-state index is -0.410. The van der Waals surface area contributed by atoms with Crippen molar-refractivity contribution in [3.8, 4) is 0 Å². The van der Waals surface area contributed by atoms with Crippen molar-refractivity contribution >= 4 is 0 Å². The van der Waals surface area contributed by atoms with Crippen LogP contribution in [0.15, 0.2) is 0 Å². The maximum atomic E-state index is 9.05. The van der Waals surface area contributed by atoms with Crippen LogP contribution in [0, 0.1) is 0 Å². The van der Waals surface area contributed by atoms with E-state index in [0.717, 1.165) is 0 Å². The molecule has 1 unspecified atom stereocenters. The van der Waals surface area contributed by atoms with Crippen LogP contribution in [-0.2, 0) is 0 Å². The van der Waals surface area contributed by atoms with Crippen LogP contribution in [0.5, 0.6) is 0 Å². The van der Waals surface area contributed by atoms with Gasteiger partial charge in [0, 0.05) is 13.2 Å². The van der Waals surface area contributed by atoms with Gasteiger partial charge in [0.15, 0.2) is 0 Å². The van der Waals surface area contributed by atoms with Crippen molar-refractivity contribution in [2.24, 2.45) is 0 Å². The number of rotatable bonds is 6. The molecule has 0 aromatic rings. The van der Waals surface area contributed by atoms with Crippen molar-refractivity contribution in [2.45, 2.75) is 25.4 Å². The van der Waals surface area contributed by atoms with Crippen LogP contribution in [0.1, 0.15) is 19.3 Å². The first kappa shape index (κ1) is 9.84. The largest absolute Gasteiger partial charge is 0.396 e. The Bertz CT molecular complexity index is 62.0. The Morgan fingerprint density at radius 2 is 2.00 bits per heavy atom. The van der Waals surface area contributed by atoms with E-state index in [-0.39, 0.29) is 6.61 Å². The quantitative estimate of drug-likeness (QED) is 0.384. The fourth-order valence-corrected chi connectivity index (χ4v) is 0.702. The maximum absolute atomic E-state index is 9.05. The lowest BCUT2D eigenvalue weighted by Crippen LogP contribution is -2.17. The topological polar surface area (TPSA) is 72.7 Å². The Balaban J connectivity index is 3.00. The zero-order valence-electron chi connectivity index (χ0n) is 5.95. The summed E-state index contributed by atoms with van der Waals surface area (Å²) in [6, 6.07) is 0. The van der Waals surface area contributed by atoms with Gasteiger partial charge < -0.3 is 15.4 Å². The molecule has 4 heteroatoms. The standard InChI is InChI=1S/C6H15NO3/c8-5-1-2-6(9)3-4-7-10/h6-10H,1-5H2. The molecule has 4 nitrogen and oxygen atoms in total. The Morgan fingerprint density at radius 1 is 1.30 bits per heavy atom. The number of aliphatic hydroxyl groups excluding tert-OH is 2. The number of nitrogens with one attached hydrogen (secondary N) is 1. The first-order valence-electron chi connectivity index (χ1n) is 3.47. The van der Waals surface area contributed by atoms with Crippen molar-refractivity contribution in [1.82, 2.24) is 5.48 Å². The summed E-state index contributed by atoms with van der Waals surface area (Å²) >= 11 is 0. The fourth-order valence-electron chi connectivity index (χ4n) is 0.702. The molecule has 0 heterocycles. The Labute approximate surface area is 60.5 Å². The third-order valence-electron chi connectivity index (χ3n) is 1.28. The minimum Gasteiger partial charge on any atom is -0.396 e. The van der Waals surface area contributed by atoms with Crippen LogP contribution >= 0.6 is 0 Å². The van der Waals surface area contributed by atoms with Gasteiger partial charge in [-0.25, -0.2) is 5.48 Å². The second-order valence-corrected chi connectivity index (χ2v) is 2.22. The van der Waals surface area contributed by atoms with Crippen LogP contribution in [0.2, 0.25) is 0 Å². The van der Waals surface area contributed by atoms with Gasteiger partial charge in [-0.05, 0) is 19.3 Å². The summed E-state index contributed by atoms with van der Waals surface area (Å²) in [5, 5.41) is 25.5. The maximum Gasteiger partial charge on any atom is 0.0554 e. The first-order valence-corrected chi connectivity index (χ1v) is 3.47. The molecule has 0 radical (unpaired) electrons. The van der Waals surface area contributed by atoms with Gasteiger partial charge in [-0.1, -0.05) is 0 Å². The van der Waals surface area contributed by atoms with E-state index in [4.69, 9.17) is 15.4 Å². The summed E-state index contributed by atoms with van der Waals surface area (Å²) in [5.74, 6) is 0. The van der Waals surface area contributed by atoms with E-state index in [1.165, 1.54) is 0 Å². The molecule has 0 amide bonds. The van der Waals surface area contributed by atoms with E-state index in [9.17, 15) is 0 Å². The fraction of sp³-hybridized carbons (Fsp3) is 1.00. The van der Waals surface area contributed by atoms with E-state index in [0.29, 0.717) is 25.8 Å². The highest BCUT2D eigenvalue weighted by Gasteiger charge is 2.01. The highest BCUT2D eigenvalue weighted by atomic mass is 16.5. The van der Waals surface area contributed by atoms with Crippen molar-refractivity contribution in [2.75, 3.05) is 13.2 Å². The van der Waals surface area contributed by atoms with Crippen LogP contribution in [-0.4, -0.2) is 34.7 Å². The van der Waals surface area contributed by atoms with Crippen LogP contribution in [0.25, 0.3) is 0 Å². The third-order valence-corrected chi connectivity index (χ3v) is 1.28. The van der Waals surface area contributed by atoms with E-state index in [1.807, 2.05) is 5.48 Å². The van der Waals surface area contributed by atoms with E-state index >= 15 is 0 Å². The lowest BCUT2D eigenvalue weighted by atomic mass is 10.1. The third kappa shape index (κ3) is 5.97. The van der Waals surface area contributed by atoms with Gasteiger partial charge in [0.25, 0.3) is 0 Å². The summed E-state index contributed by atoms with van der Waals surface area (Å²) < 4.78 is 0. The molecule has 0 saturated carbocycles. The zero-order chi connectivity index (χ0) is 7.82. The van der Waals surface area contributed by atoms with E-state index < -0.39 is 6.10 Å². The van der Waals surface area contributed by atoms with Crippen molar-refractivity contribution in [1.29, 1.82) is 0 Å². The summed E-state index contributed by atoms with van der Waals surface area (Å²) in [4.78, 5) is 0. The molecule has 62 valence electrons. The molecule has 0 aliphatic heterocycles. The SMILES string of the molecule is OCCCC(O)CCNO. The molecule has 0 aromatic heterocycles. The second-order valence-electron chi connectivity index (χ2n) is 2.22. The van der Waals surface area contributed by atoms with E-state index in [2.05, 4.69) is 0 Å². The van der Waals surface area contributed by atoms with Gasteiger partial charge in [-0.2, -0.15) is 0 Å². The zero-order valence-corrected chi connectivity index (χ0v) is 5.95. The van der Waals surface area contributed by atoms with Crippen molar-refractivity contribution < 1.29 is 15.4 Å². The monoisotopic (exact) mass is 149 g/mol. The van der Waals surface area contributed by atoms with Gasteiger partial charge in [0.05, 0.1) is 6.10 Å². The lowest BCUT2D eigenvalue weighted by Gasteiger charge is -2.07. The van der Waals surface area contributed by atoms with Gasteiger partial charge in [0.2, 0.25) is 0 Å². The Hall–Kier alpha value is -0.160. The molecule has 0 aromatic carbocycles. The number of aliphatic hydroxyl groups is 2. The highest BCUT2D eigenvalue weighted by molar-refractivity contribution is 4.55. The smallest absolute Gasteiger partial charge is 0.0554 e. The van der Waals surface area contributed by atoms with Gasteiger partial charge >= 0.3 is 0 Å². The van der Waals surface area contributed by atoms with Crippen LogP contribution in [0.3, 0.4) is 0 Å². The average Bonchev–Trinajstić information content (AvgIpc) is 1.97. The minimum absolute atomic E-state index is 0.115. The molecule has 0 spiro atoms. The number of hydrogen-bond donors (Lipinski definition) is 4. The molecule has 10 heavy (non-hydrogen) atoms. The van der Waals surface area contributed by atoms with Gasteiger partial charge in [0.1, 0.15) is 0 Å².